The first kappa shape index (κ1) is 19.5. The van der Waals surface area contributed by atoms with Crippen LogP contribution in [-0.2, 0) is 4.79 Å². The standard InChI is InChI=1S/C20H29N3O4/c1-26-15-9-10-18(27-2)16(12-15)17-8-5-11-23(17)13-19(24)22-20(25)21-14-6-3-4-7-14/h9-10,12,14,17H,3-8,11,13H2,1-2H3,(H2,21,22,24,25)/t17-/m0/s1. The van der Waals surface area contributed by atoms with Gasteiger partial charge in [0.2, 0.25) is 5.91 Å². The molecule has 7 nitrogen and oxygen atoms in total. The van der Waals surface area contributed by atoms with E-state index in [0.29, 0.717) is 0 Å². The molecule has 2 N–H and O–H groups in total. The molecule has 1 atom stereocenters. The van der Waals surface area contributed by atoms with Gasteiger partial charge in [-0.25, -0.2) is 4.79 Å². The van der Waals surface area contributed by atoms with E-state index in [0.717, 1.165) is 62.1 Å². The number of nitrogens with zero attached hydrogens (tertiary/aromatic N) is 1. The van der Waals surface area contributed by atoms with Gasteiger partial charge in [-0.05, 0) is 50.4 Å². The Labute approximate surface area is 160 Å². The lowest BCUT2D eigenvalue weighted by molar-refractivity contribution is -0.121. The predicted octanol–water partition coefficient (Wildman–Crippen LogP) is 2.61. The molecule has 1 aromatic carbocycles. The summed E-state index contributed by atoms with van der Waals surface area (Å²) in [6.07, 6.45) is 6.18. The fraction of sp³-hybridized carbons (Fsp3) is 0.600. The molecule has 0 unspecified atom stereocenters. The maximum absolute atomic E-state index is 12.4. The van der Waals surface area contributed by atoms with E-state index in [2.05, 4.69) is 15.5 Å². The molecule has 1 aliphatic heterocycles. The van der Waals surface area contributed by atoms with Crippen molar-refractivity contribution in [1.82, 2.24) is 15.5 Å². The molecule has 1 saturated carbocycles. The maximum atomic E-state index is 12.4. The molecular formula is C20H29N3O4. The van der Waals surface area contributed by atoms with Crippen molar-refractivity contribution in [2.75, 3.05) is 27.3 Å². The average Bonchev–Trinajstić information content (AvgIpc) is 3.32. The number of benzene rings is 1. The summed E-state index contributed by atoms with van der Waals surface area (Å²) in [6, 6.07) is 5.59. The Balaban J connectivity index is 1.61. The molecule has 1 heterocycles. The highest BCUT2D eigenvalue weighted by molar-refractivity contribution is 5.95. The summed E-state index contributed by atoms with van der Waals surface area (Å²) in [5.74, 6) is 1.27. The first-order chi connectivity index (χ1) is 13.1. The van der Waals surface area contributed by atoms with Crippen molar-refractivity contribution < 1.29 is 19.1 Å². The predicted molar refractivity (Wildman–Crippen MR) is 102 cm³/mol. The van der Waals surface area contributed by atoms with Crippen LogP contribution < -0.4 is 20.1 Å². The Morgan fingerprint density at radius 1 is 1.11 bits per heavy atom. The lowest BCUT2D eigenvalue weighted by atomic mass is 10.0. The van der Waals surface area contributed by atoms with Crippen molar-refractivity contribution in [1.29, 1.82) is 0 Å². The van der Waals surface area contributed by atoms with E-state index in [1.54, 1.807) is 14.2 Å². The molecule has 2 aliphatic rings. The fourth-order valence-corrected chi connectivity index (χ4v) is 4.11. The number of rotatable bonds is 6. The normalized spacial score (nSPS) is 20.4. The summed E-state index contributed by atoms with van der Waals surface area (Å²) in [7, 11) is 3.28. The van der Waals surface area contributed by atoms with E-state index in [4.69, 9.17) is 9.47 Å². The highest BCUT2D eigenvalue weighted by atomic mass is 16.5. The van der Waals surface area contributed by atoms with Crippen LogP contribution in [0.3, 0.4) is 0 Å². The van der Waals surface area contributed by atoms with Gasteiger partial charge in [-0.2, -0.15) is 0 Å². The van der Waals surface area contributed by atoms with Crippen LogP contribution >= 0.6 is 0 Å². The summed E-state index contributed by atoms with van der Waals surface area (Å²) in [6.45, 7) is 0.992. The van der Waals surface area contributed by atoms with Crippen LogP contribution in [0.25, 0.3) is 0 Å². The summed E-state index contributed by atoms with van der Waals surface area (Å²) < 4.78 is 10.8. The molecule has 0 bridgehead atoms. The average molecular weight is 375 g/mol. The largest absolute Gasteiger partial charge is 0.497 e. The minimum Gasteiger partial charge on any atom is -0.497 e. The van der Waals surface area contributed by atoms with Crippen molar-refractivity contribution in [3.63, 3.8) is 0 Å². The number of hydrogen-bond donors (Lipinski definition) is 2. The van der Waals surface area contributed by atoms with Crippen LogP contribution in [0.15, 0.2) is 18.2 Å². The van der Waals surface area contributed by atoms with E-state index >= 15 is 0 Å². The van der Waals surface area contributed by atoms with Crippen LogP contribution in [0, 0.1) is 0 Å². The van der Waals surface area contributed by atoms with Crippen molar-refractivity contribution in [3.8, 4) is 11.5 Å². The van der Waals surface area contributed by atoms with Gasteiger partial charge in [-0.3, -0.25) is 15.0 Å². The van der Waals surface area contributed by atoms with Crippen LogP contribution in [0.4, 0.5) is 4.79 Å². The van der Waals surface area contributed by atoms with Gasteiger partial charge < -0.3 is 14.8 Å². The lowest BCUT2D eigenvalue weighted by Gasteiger charge is -2.26. The van der Waals surface area contributed by atoms with Gasteiger partial charge in [0.1, 0.15) is 11.5 Å². The minimum atomic E-state index is -0.387. The molecule has 0 radical (unpaired) electrons. The van der Waals surface area contributed by atoms with Gasteiger partial charge in [0.15, 0.2) is 0 Å². The number of urea groups is 1. The molecular weight excluding hydrogens is 346 g/mol. The second-order valence-corrected chi connectivity index (χ2v) is 7.24. The molecule has 7 heteroatoms. The summed E-state index contributed by atoms with van der Waals surface area (Å²) >= 11 is 0. The highest BCUT2D eigenvalue weighted by Gasteiger charge is 2.30. The molecule has 2 fully saturated rings. The maximum Gasteiger partial charge on any atom is 0.321 e. The zero-order valence-electron chi connectivity index (χ0n) is 16.1. The number of carbonyl (C=O) groups excluding carboxylic acids is 2. The van der Waals surface area contributed by atoms with Gasteiger partial charge in [-0.15, -0.1) is 0 Å². The van der Waals surface area contributed by atoms with Gasteiger partial charge >= 0.3 is 6.03 Å². The number of likely N-dealkylation sites (tertiary alicyclic amines) is 1. The lowest BCUT2D eigenvalue weighted by Crippen LogP contribution is -2.47. The van der Waals surface area contributed by atoms with Crippen LogP contribution in [-0.4, -0.2) is 50.2 Å². The van der Waals surface area contributed by atoms with Crippen molar-refractivity contribution in [2.24, 2.45) is 0 Å². The van der Waals surface area contributed by atoms with E-state index in [1.807, 2.05) is 18.2 Å². The van der Waals surface area contributed by atoms with Gasteiger partial charge in [0.25, 0.3) is 0 Å². The first-order valence-corrected chi connectivity index (χ1v) is 9.67. The number of carbonyl (C=O) groups is 2. The molecule has 1 aliphatic carbocycles. The smallest absolute Gasteiger partial charge is 0.321 e. The summed E-state index contributed by atoms with van der Waals surface area (Å²) in [5.41, 5.74) is 1.01. The second-order valence-electron chi connectivity index (χ2n) is 7.24. The Morgan fingerprint density at radius 2 is 1.89 bits per heavy atom. The Kier molecular flexibility index (Phi) is 6.55. The molecule has 3 rings (SSSR count). The Bertz CT molecular complexity index is 673. The third-order valence-corrected chi connectivity index (χ3v) is 5.45. The zero-order chi connectivity index (χ0) is 19.2. The van der Waals surface area contributed by atoms with Gasteiger partial charge in [0, 0.05) is 17.6 Å². The van der Waals surface area contributed by atoms with Crippen molar-refractivity contribution >= 4 is 11.9 Å². The fourth-order valence-electron chi connectivity index (χ4n) is 4.11. The molecule has 1 aromatic rings. The number of hydrogen-bond acceptors (Lipinski definition) is 5. The Hall–Kier alpha value is -2.28. The summed E-state index contributed by atoms with van der Waals surface area (Å²) in [4.78, 5) is 26.5. The van der Waals surface area contributed by atoms with Crippen molar-refractivity contribution in [3.05, 3.63) is 23.8 Å². The second kappa shape index (κ2) is 9.08. The van der Waals surface area contributed by atoms with Gasteiger partial charge in [-0.1, -0.05) is 12.8 Å². The monoisotopic (exact) mass is 375 g/mol. The molecule has 148 valence electrons. The third kappa shape index (κ3) is 4.91. The highest BCUT2D eigenvalue weighted by Crippen LogP contribution is 2.38. The number of ether oxygens (including phenoxy) is 2. The SMILES string of the molecule is COc1ccc(OC)c([C@@H]2CCCN2CC(=O)NC(=O)NC2CCCC2)c1. The molecule has 1 saturated heterocycles. The van der Waals surface area contributed by atoms with Gasteiger partial charge in [0.05, 0.1) is 20.8 Å². The minimum absolute atomic E-state index is 0.0682. The molecule has 0 aromatic heterocycles. The number of amides is 3. The topological polar surface area (TPSA) is 79.9 Å². The third-order valence-electron chi connectivity index (χ3n) is 5.45. The molecule has 0 spiro atoms. The zero-order valence-corrected chi connectivity index (χ0v) is 16.1. The Morgan fingerprint density at radius 3 is 2.59 bits per heavy atom. The van der Waals surface area contributed by atoms with E-state index < -0.39 is 0 Å². The molecule has 27 heavy (non-hydrogen) atoms. The van der Waals surface area contributed by atoms with Crippen molar-refractivity contribution in [2.45, 2.75) is 50.6 Å². The van der Waals surface area contributed by atoms with E-state index in [9.17, 15) is 9.59 Å². The van der Waals surface area contributed by atoms with Crippen LogP contribution in [0.1, 0.15) is 50.1 Å². The van der Waals surface area contributed by atoms with Crippen LogP contribution in [0.5, 0.6) is 11.5 Å². The number of imide groups is 1. The number of methoxy groups -OCH3 is 2. The van der Waals surface area contributed by atoms with E-state index in [1.165, 1.54) is 0 Å². The van der Waals surface area contributed by atoms with E-state index in [-0.39, 0.29) is 30.6 Å². The summed E-state index contributed by atoms with van der Waals surface area (Å²) in [5, 5.41) is 5.36. The van der Waals surface area contributed by atoms with Crippen LogP contribution in [0.2, 0.25) is 0 Å². The number of nitrogens with one attached hydrogen (secondary N) is 2. The first-order valence-electron chi connectivity index (χ1n) is 9.67. The molecule has 3 amide bonds. The quantitative estimate of drug-likeness (QED) is 0.799.